The Morgan fingerprint density at radius 3 is 2.79 bits per heavy atom. The Hall–Kier alpha value is -1.36. The highest BCUT2D eigenvalue weighted by Crippen LogP contribution is 2.25. The molecule has 0 fully saturated rings. The van der Waals surface area contributed by atoms with Gasteiger partial charge in [-0.1, -0.05) is 5.16 Å². The maximum atomic E-state index is 5.66. The van der Waals surface area contributed by atoms with Crippen molar-refractivity contribution in [1.29, 1.82) is 0 Å². The summed E-state index contributed by atoms with van der Waals surface area (Å²) in [6.07, 6.45) is 0. The topological polar surface area (TPSA) is 64.9 Å². The van der Waals surface area contributed by atoms with E-state index in [4.69, 9.17) is 10.3 Å². The molecule has 1 heterocycles. The molecule has 1 aromatic heterocycles. The van der Waals surface area contributed by atoms with Gasteiger partial charge in [-0.15, -0.1) is 0 Å². The van der Waals surface area contributed by atoms with Crippen molar-refractivity contribution in [3.8, 4) is 11.4 Å². The van der Waals surface area contributed by atoms with Gasteiger partial charge in [-0.2, -0.15) is 4.98 Å². The molecule has 5 heteroatoms. The summed E-state index contributed by atoms with van der Waals surface area (Å²) in [6.45, 7) is 1.75. The van der Waals surface area contributed by atoms with Gasteiger partial charge in [0.25, 0.3) is 0 Å². The maximum Gasteiger partial charge on any atom is 0.223 e. The van der Waals surface area contributed by atoms with Crippen LogP contribution in [-0.2, 0) is 0 Å². The highest BCUT2D eigenvalue weighted by Gasteiger charge is 2.06. The van der Waals surface area contributed by atoms with Gasteiger partial charge in [0.05, 0.1) is 0 Å². The first-order chi connectivity index (χ1) is 6.66. The van der Waals surface area contributed by atoms with Crippen LogP contribution in [0, 0.1) is 6.92 Å². The number of aryl methyl sites for hydroxylation is 1. The minimum atomic E-state index is 0.549. The quantitative estimate of drug-likeness (QED) is 0.793. The fourth-order valence-corrected chi connectivity index (χ4v) is 1.46. The number of nitrogens with two attached hydrogens (primary N) is 1. The molecule has 0 saturated carbocycles. The summed E-state index contributed by atoms with van der Waals surface area (Å²) in [5.41, 5.74) is 7.23. The number of rotatable bonds is 1. The first-order valence-electron chi connectivity index (χ1n) is 4.02. The smallest absolute Gasteiger partial charge is 0.223 e. The Balaban J connectivity index is 2.47. The third-order valence-electron chi connectivity index (χ3n) is 1.79. The fourth-order valence-electron chi connectivity index (χ4n) is 1.08. The van der Waals surface area contributed by atoms with Crippen LogP contribution >= 0.6 is 15.9 Å². The van der Waals surface area contributed by atoms with Gasteiger partial charge in [0.15, 0.2) is 0 Å². The zero-order valence-corrected chi connectivity index (χ0v) is 9.08. The molecule has 0 spiro atoms. The predicted molar refractivity (Wildman–Crippen MR) is 56.6 cm³/mol. The Kier molecular flexibility index (Phi) is 2.25. The van der Waals surface area contributed by atoms with Gasteiger partial charge in [0.2, 0.25) is 11.7 Å². The van der Waals surface area contributed by atoms with Crippen LogP contribution in [-0.4, -0.2) is 10.1 Å². The van der Waals surface area contributed by atoms with Gasteiger partial charge in [-0.3, -0.25) is 0 Å². The molecular formula is C9H8BrN3O. The van der Waals surface area contributed by atoms with E-state index in [-0.39, 0.29) is 0 Å². The molecule has 0 aliphatic heterocycles. The number of hydrogen-bond acceptors (Lipinski definition) is 4. The number of nitrogens with zero attached hydrogens (tertiary/aromatic N) is 2. The first kappa shape index (κ1) is 9.21. The van der Waals surface area contributed by atoms with E-state index in [1.54, 1.807) is 13.0 Å². The summed E-state index contributed by atoms with van der Waals surface area (Å²) in [5.74, 6) is 1.12. The average Bonchev–Trinajstić information content (AvgIpc) is 2.57. The molecule has 2 N–H and O–H groups in total. The lowest BCUT2D eigenvalue weighted by Crippen LogP contribution is -1.87. The lowest BCUT2D eigenvalue weighted by Gasteiger charge is -1.98. The molecule has 0 atom stereocenters. The van der Waals surface area contributed by atoms with Crippen molar-refractivity contribution in [3.05, 3.63) is 28.6 Å². The third-order valence-corrected chi connectivity index (χ3v) is 2.47. The summed E-state index contributed by atoms with van der Waals surface area (Å²) in [5, 5.41) is 3.81. The number of benzene rings is 1. The van der Waals surface area contributed by atoms with E-state index in [9.17, 15) is 0 Å². The average molecular weight is 254 g/mol. The molecule has 14 heavy (non-hydrogen) atoms. The number of aromatic nitrogens is 2. The highest BCUT2D eigenvalue weighted by molar-refractivity contribution is 9.10. The second-order valence-corrected chi connectivity index (χ2v) is 3.73. The summed E-state index contributed by atoms with van der Waals surface area (Å²) in [6, 6.07) is 5.51. The highest BCUT2D eigenvalue weighted by atomic mass is 79.9. The summed E-state index contributed by atoms with van der Waals surface area (Å²) >= 11 is 3.34. The van der Waals surface area contributed by atoms with Gasteiger partial charge in [0.1, 0.15) is 0 Å². The van der Waals surface area contributed by atoms with Crippen LogP contribution < -0.4 is 5.73 Å². The zero-order valence-electron chi connectivity index (χ0n) is 7.49. The standard InChI is InChI=1S/C9H8BrN3O/c1-5-12-9(13-14-5)6-2-3-8(11)7(10)4-6/h2-4H,11H2,1H3. The van der Waals surface area contributed by atoms with Gasteiger partial charge in [0, 0.05) is 22.6 Å². The van der Waals surface area contributed by atoms with Gasteiger partial charge in [-0.05, 0) is 34.1 Å². The molecule has 4 nitrogen and oxygen atoms in total. The SMILES string of the molecule is Cc1nc(-c2ccc(N)c(Br)c2)no1. The molecule has 0 unspecified atom stereocenters. The second-order valence-electron chi connectivity index (χ2n) is 2.87. The molecule has 2 aromatic rings. The lowest BCUT2D eigenvalue weighted by atomic mass is 10.2. The third kappa shape index (κ3) is 1.63. The number of anilines is 1. The van der Waals surface area contributed by atoms with Crippen LogP contribution in [0.4, 0.5) is 5.69 Å². The van der Waals surface area contributed by atoms with E-state index in [1.807, 2.05) is 12.1 Å². The molecule has 0 bridgehead atoms. The number of hydrogen-bond donors (Lipinski definition) is 1. The minimum absolute atomic E-state index is 0.549. The van der Waals surface area contributed by atoms with E-state index in [0.717, 1.165) is 10.0 Å². The van der Waals surface area contributed by atoms with Gasteiger partial charge < -0.3 is 10.3 Å². The van der Waals surface area contributed by atoms with Crippen LogP contribution in [0.2, 0.25) is 0 Å². The van der Waals surface area contributed by atoms with Crippen molar-refractivity contribution >= 4 is 21.6 Å². The Bertz CT molecular complexity index is 467. The van der Waals surface area contributed by atoms with E-state index >= 15 is 0 Å². The Labute approximate surface area is 89.2 Å². The van der Waals surface area contributed by atoms with E-state index in [1.165, 1.54) is 0 Å². The summed E-state index contributed by atoms with van der Waals surface area (Å²) < 4.78 is 5.71. The molecule has 0 aliphatic carbocycles. The first-order valence-corrected chi connectivity index (χ1v) is 4.82. The second kappa shape index (κ2) is 3.42. The number of nitrogen functional groups attached to an aromatic ring is 1. The number of halogens is 1. The predicted octanol–water partition coefficient (Wildman–Crippen LogP) is 2.39. The van der Waals surface area contributed by atoms with Crippen LogP contribution in [0.25, 0.3) is 11.4 Å². The monoisotopic (exact) mass is 253 g/mol. The van der Waals surface area contributed by atoms with Crippen LogP contribution in [0.3, 0.4) is 0 Å². The molecule has 1 aromatic carbocycles. The Morgan fingerprint density at radius 2 is 2.21 bits per heavy atom. The maximum absolute atomic E-state index is 5.66. The summed E-state index contributed by atoms with van der Waals surface area (Å²) in [4.78, 5) is 4.11. The van der Waals surface area contributed by atoms with Gasteiger partial charge in [-0.25, -0.2) is 0 Å². The lowest BCUT2D eigenvalue weighted by molar-refractivity contribution is 0.394. The fraction of sp³-hybridized carbons (Fsp3) is 0.111. The normalized spacial score (nSPS) is 10.4. The van der Waals surface area contributed by atoms with Crippen LogP contribution in [0.15, 0.2) is 27.2 Å². The molecule has 0 amide bonds. The van der Waals surface area contributed by atoms with Crippen LogP contribution in [0.1, 0.15) is 5.89 Å². The molecule has 72 valence electrons. The van der Waals surface area contributed by atoms with Crippen molar-refractivity contribution in [2.45, 2.75) is 6.92 Å². The zero-order chi connectivity index (χ0) is 10.1. The van der Waals surface area contributed by atoms with Gasteiger partial charge >= 0.3 is 0 Å². The largest absolute Gasteiger partial charge is 0.398 e. The van der Waals surface area contributed by atoms with Crippen LogP contribution in [0.5, 0.6) is 0 Å². The van der Waals surface area contributed by atoms with E-state index < -0.39 is 0 Å². The molecule has 0 saturated heterocycles. The van der Waals surface area contributed by atoms with Crippen molar-refractivity contribution in [1.82, 2.24) is 10.1 Å². The van der Waals surface area contributed by atoms with E-state index in [0.29, 0.717) is 17.4 Å². The van der Waals surface area contributed by atoms with Crippen molar-refractivity contribution in [2.24, 2.45) is 0 Å². The van der Waals surface area contributed by atoms with Crippen molar-refractivity contribution < 1.29 is 4.52 Å². The van der Waals surface area contributed by atoms with Crippen molar-refractivity contribution in [2.75, 3.05) is 5.73 Å². The molecular weight excluding hydrogens is 246 g/mol. The molecule has 2 rings (SSSR count). The Morgan fingerprint density at radius 1 is 1.43 bits per heavy atom. The van der Waals surface area contributed by atoms with E-state index in [2.05, 4.69) is 26.1 Å². The van der Waals surface area contributed by atoms with Crippen molar-refractivity contribution in [3.63, 3.8) is 0 Å². The molecule has 0 radical (unpaired) electrons. The minimum Gasteiger partial charge on any atom is -0.398 e. The summed E-state index contributed by atoms with van der Waals surface area (Å²) in [7, 11) is 0. The molecule has 0 aliphatic rings.